The van der Waals surface area contributed by atoms with Gasteiger partial charge in [-0.2, -0.15) is 5.26 Å². The summed E-state index contributed by atoms with van der Waals surface area (Å²) in [7, 11) is 1.50. The van der Waals surface area contributed by atoms with Crippen LogP contribution in [0.25, 0.3) is 6.08 Å². The van der Waals surface area contributed by atoms with Gasteiger partial charge < -0.3 is 9.47 Å². The maximum Gasteiger partial charge on any atom is 0.203 e. The van der Waals surface area contributed by atoms with Crippen LogP contribution in [-0.2, 0) is 0 Å². The molecule has 0 saturated heterocycles. The largest absolute Gasteiger partial charge is 0.491 e. The quantitative estimate of drug-likeness (QED) is 0.440. The number of allylic oxidation sites excluding steroid dienone is 1. The van der Waals surface area contributed by atoms with E-state index < -0.39 is 0 Å². The third-order valence-corrected chi connectivity index (χ3v) is 3.53. The van der Waals surface area contributed by atoms with Crippen molar-refractivity contribution in [3.05, 3.63) is 64.2 Å². The molecule has 0 aliphatic rings. The first-order chi connectivity index (χ1) is 11.6. The van der Waals surface area contributed by atoms with Crippen LogP contribution in [0.3, 0.4) is 0 Å². The summed E-state index contributed by atoms with van der Waals surface area (Å²) in [6.07, 6.45) is 1.49. The zero-order chi connectivity index (χ0) is 17.5. The number of hydrogen-bond acceptors (Lipinski definition) is 4. The molecular formula is C19H16ClNO3. The summed E-state index contributed by atoms with van der Waals surface area (Å²) in [5.74, 6) is 0.537. The van der Waals surface area contributed by atoms with Gasteiger partial charge in [0.1, 0.15) is 11.6 Å². The van der Waals surface area contributed by atoms with Crippen LogP contribution in [0.1, 0.15) is 22.8 Å². The van der Waals surface area contributed by atoms with Crippen molar-refractivity contribution < 1.29 is 14.3 Å². The summed E-state index contributed by atoms with van der Waals surface area (Å²) in [6.45, 7) is 2.28. The molecule has 4 nitrogen and oxygen atoms in total. The fraction of sp³-hybridized carbons (Fsp3) is 0.158. The number of nitriles is 1. The summed E-state index contributed by atoms with van der Waals surface area (Å²) in [5, 5.41) is 9.68. The third-order valence-electron chi connectivity index (χ3n) is 3.25. The molecule has 2 aromatic carbocycles. The molecule has 0 aromatic heterocycles. The lowest BCUT2D eigenvalue weighted by molar-refractivity contribution is 0.104. The minimum atomic E-state index is -0.344. The van der Waals surface area contributed by atoms with Crippen LogP contribution in [-0.4, -0.2) is 19.5 Å². The van der Waals surface area contributed by atoms with Gasteiger partial charge in [0.25, 0.3) is 0 Å². The smallest absolute Gasteiger partial charge is 0.203 e. The number of Topliss-reactive ketones (excluding diaryl/α,β-unsaturated/α-hetero) is 1. The fourth-order valence-corrected chi connectivity index (χ4v) is 2.49. The molecule has 0 saturated carbocycles. The second kappa shape index (κ2) is 8.19. The van der Waals surface area contributed by atoms with Crippen LogP contribution in [0.4, 0.5) is 0 Å². The van der Waals surface area contributed by atoms with Crippen LogP contribution in [0.5, 0.6) is 11.5 Å². The van der Waals surface area contributed by atoms with E-state index in [-0.39, 0.29) is 11.4 Å². The van der Waals surface area contributed by atoms with E-state index in [9.17, 15) is 10.1 Å². The molecule has 0 bridgehead atoms. The van der Waals surface area contributed by atoms with Gasteiger partial charge in [-0.25, -0.2) is 0 Å². The zero-order valence-electron chi connectivity index (χ0n) is 13.4. The molecule has 0 aliphatic carbocycles. The molecule has 0 heterocycles. The zero-order valence-corrected chi connectivity index (χ0v) is 14.1. The van der Waals surface area contributed by atoms with E-state index in [1.165, 1.54) is 13.2 Å². The van der Waals surface area contributed by atoms with Crippen molar-refractivity contribution >= 4 is 23.5 Å². The SMILES string of the molecule is CCOc1cc(/C=C(\C#N)C(=O)c2ccccc2)cc(Cl)c1OC. The monoisotopic (exact) mass is 341 g/mol. The van der Waals surface area contributed by atoms with Crippen LogP contribution >= 0.6 is 11.6 Å². The molecule has 2 aromatic rings. The summed E-state index contributed by atoms with van der Waals surface area (Å²) >= 11 is 6.19. The molecular weight excluding hydrogens is 326 g/mol. The number of rotatable bonds is 6. The predicted molar refractivity (Wildman–Crippen MR) is 93.5 cm³/mol. The van der Waals surface area contributed by atoms with E-state index in [1.807, 2.05) is 19.1 Å². The van der Waals surface area contributed by atoms with Gasteiger partial charge in [-0.05, 0) is 30.7 Å². The standard InChI is InChI=1S/C19H16ClNO3/c1-3-24-17-11-13(10-16(20)19(17)23-2)9-15(12-21)18(22)14-7-5-4-6-8-14/h4-11H,3H2,1-2H3/b15-9+. The van der Waals surface area contributed by atoms with Crippen molar-refractivity contribution in [1.29, 1.82) is 5.26 Å². The number of carbonyl (C=O) groups excluding carboxylic acids is 1. The average Bonchev–Trinajstić information content (AvgIpc) is 2.60. The number of halogens is 1. The Hall–Kier alpha value is -2.77. The summed E-state index contributed by atoms with van der Waals surface area (Å²) in [5.41, 5.74) is 1.06. The first-order valence-corrected chi connectivity index (χ1v) is 7.70. The van der Waals surface area contributed by atoms with Gasteiger partial charge in [-0.3, -0.25) is 4.79 Å². The van der Waals surface area contributed by atoms with E-state index >= 15 is 0 Å². The molecule has 0 amide bonds. The van der Waals surface area contributed by atoms with Gasteiger partial charge in [0.2, 0.25) is 5.78 Å². The minimum absolute atomic E-state index is 0.0184. The second-order valence-corrected chi connectivity index (χ2v) is 5.24. The average molecular weight is 342 g/mol. The Labute approximate surface area is 145 Å². The number of carbonyl (C=O) groups is 1. The first-order valence-electron chi connectivity index (χ1n) is 7.32. The van der Waals surface area contributed by atoms with Gasteiger partial charge in [0, 0.05) is 5.56 Å². The molecule has 24 heavy (non-hydrogen) atoms. The number of hydrogen-bond donors (Lipinski definition) is 0. The lowest BCUT2D eigenvalue weighted by Crippen LogP contribution is -2.02. The summed E-state index contributed by atoms with van der Waals surface area (Å²) in [6, 6.07) is 13.9. The van der Waals surface area contributed by atoms with Crippen LogP contribution < -0.4 is 9.47 Å². The molecule has 0 spiro atoms. The highest BCUT2D eigenvalue weighted by molar-refractivity contribution is 6.32. The van der Waals surface area contributed by atoms with E-state index in [4.69, 9.17) is 21.1 Å². The van der Waals surface area contributed by atoms with Gasteiger partial charge >= 0.3 is 0 Å². The van der Waals surface area contributed by atoms with Crippen molar-refractivity contribution in [2.75, 3.05) is 13.7 Å². The fourth-order valence-electron chi connectivity index (χ4n) is 2.19. The molecule has 122 valence electrons. The topological polar surface area (TPSA) is 59.3 Å². The van der Waals surface area contributed by atoms with Gasteiger partial charge in [-0.1, -0.05) is 41.9 Å². The number of methoxy groups -OCH3 is 1. The first kappa shape index (κ1) is 17.6. The Morgan fingerprint density at radius 1 is 1.29 bits per heavy atom. The normalized spacial score (nSPS) is 10.8. The van der Waals surface area contributed by atoms with E-state index in [2.05, 4.69) is 0 Å². The van der Waals surface area contributed by atoms with E-state index in [1.54, 1.807) is 36.4 Å². The highest BCUT2D eigenvalue weighted by Crippen LogP contribution is 2.37. The van der Waals surface area contributed by atoms with Crippen LogP contribution in [0.15, 0.2) is 48.0 Å². The molecule has 0 fully saturated rings. The number of nitrogens with zero attached hydrogens (tertiary/aromatic N) is 1. The summed E-state index contributed by atoms with van der Waals surface area (Å²) in [4.78, 5) is 12.4. The molecule has 5 heteroatoms. The van der Waals surface area contributed by atoms with Gasteiger partial charge in [0.05, 0.1) is 18.7 Å². The summed E-state index contributed by atoms with van der Waals surface area (Å²) < 4.78 is 10.7. The minimum Gasteiger partial charge on any atom is -0.491 e. The lowest BCUT2D eigenvalue weighted by atomic mass is 10.0. The number of ether oxygens (including phenoxy) is 2. The number of ketones is 1. The predicted octanol–water partition coefficient (Wildman–Crippen LogP) is 4.54. The third kappa shape index (κ3) is 3.95. The molecule has 2 rings (SSSR count). The second-order valence-electron chi connectivity index (χ2n) is 4.83. The van der Waals surface area contributed by atoms with Crippen molar-refractivity contribution in [3.8, 4) is 17.6 Å². The molecule has 0 aliphatic heterocycles. The maximum atomic E-state index is 12.4. The Morgan fingerprint density at radius 3 is 2.58 bits per heavy atom. The molecule has 0 N–H and O–H groups in total. The van der Waals surface area contributed by atoms with E-state index in [0.717, 1.165) is 0 Å². The molecule has 0 atom stereocenters. The highest BCUT2D eigenvalue weighted by Gasteiger charge is 2.14. The molecule has 0 radical (unpaired) electrons. The maximum absolute atomic E-state index is 12.4. The lowest BCUT2D eigenvalue weighted by Gasteiger charge is -2.12. The van der Waals surface area contributed by atoms with Crippen molar-refractivity contribution in [1.82, 2.24) is 0 Å². The van der Waals surface area contributed by atoms with Gasteiger partial charge in [-0.15, -0.1) is 0 Å². The Balaban J connectivity index is 2.45. The Kier molecular flexibility index (Phi) is 6.00. The van der Waals surface area contributed by atoms with Crippen molar-refractivity contribution in [3.63, 3.8) is 0 Å². The van der Waals surface area contributed by atoms with Crippen LogP contribution in [0, 0.1) is 11.3 Å². The van der Waals surface area contributed by atoms with Gasteiger partial charge in [0.15, 0.2) is 11.5 Å². The van der Waals surface area contributed by atoms with Crippen molar-refractivity contribution in [2.45, 2.75) is 6.92 Å². The van der Waals surface area contributed by atoms with Crippen molar-refractivity contribution in [2.24, 2.45) is 0 Å². The Bertz CT molecular complexity index is 807. The molecule has 0 unspecified atom stereocenters. The van der Waals surface area contributed by atoms with E-state index in [0.29, 0.717) is 34.3 Å². The Morgan fingerprint density at radius 2 is 2.00 bits per heavy atom. The van der Waals surface area contributed by atoms with Crippen LogP contribution in [0.2, 0.25) is 5.02 Å². The highest BCUT2D eigenvalue weighted by atomic mass is 35.5. The number of benzene rings is 2.